The van der Waals surface area contributed by atoms with Crippen LogP contribution in [0.25, 0.3) is 0 Å². The Balaban J connectivity index is 1.24. The first-order valence-corrected chi connectivity index (χ1v) is 10.1. The van der Waals surface area contributed by atoms with Crippen molar-refractivity contribution in [3.63, 3.8) is 0 Å². The highest BCUT2D eigenvalue weighted by atomic mass is 16.5. The molecule has 154 valence electrons. The zero-order valence-electron chi connectivity index (χ0n) is 16.4. The number of furan rings is 1. The highest BCUT2D eigenvalue weighted by Crippen LogP contribution is 2.53. The number of allylic oxidation sites excluding steroid dienone is 2. The van der Waals surface area contributed by atoms with Gasteiger partial charge in [-0.3, -0.25) is 14.5 Å². The van der Waals surface area contributed by atoms with E-state index in [1.54, 1.807) is 43.3 Å². The summed E-state index contributed by atoms with van der Waals surface area (Å²) in [7, 11) is 0. The van der Waals surface area contributed by atoms with Gasteiger partial charge in [-0.15, -0.1) is 0 Å². The quantitative estimate of drug-likeness (QED) is 0.415. The Morgan fingerprint density at radius 2 is 1.70 bits per heavy atom. The molecule has 2 heterocycles. The number of imide groups is 1. The summed E-state index contributed by atoms with van der Waals surface area (Å²) < 4.78 is 16.0. The van der Waals surface area contributed by atoms with E-state index in [1.165, 1.54) is 4.90 Å². The van der Waals surface area contributed by atoms with Crippen LogP contribution in [0, 0.1) is 23.7 Å². The summed E-state index contributed by atoms with van der Waals surface area (Å²) in [6.07, 6.45) is 5.08. The van der Waals surface area contributed by atoms with Crippen molar-refractivity contribution in [1.29, 1.82) is 0 Å². The maximum absolute atomic E-state index is 12.9. The van der Waals surface area contributed by atoms with Gasteiger partial charge in [0.25, 0.3) is 0 Å². The molecule has 2 bridgehead atoms. The summed E-state index contributed by atoms with van der Waals surface area (Å²) in [5.74, 6) is 0.430. The monoisotopic (exact) mass is 407 g/mol. The number of anilines is 1. The summed E-state index contributed by atoms with van der Waals surface area (Å²) in [4.78, 5) is 38.7. The molecule has 1 saturated heterocycles. The number of hydrogen-bond donors (Lipinski definition) is 0. The van der Waals surface area contributed by atoms with Crippen LogP contribution in [0.15, 0.2) is 53.0 Å². The van der Waals surface area contributed by atoms with Crippen LogP contribution in [0.3, 0.4) is 0 Å². The average Bonchev–Trinajstić information content (AvgIpc) is 3.52. The van der Waals surface area contributed by atoms with Gasteiger partial charge in [-0.2, -0.15) is 0 Å². The first-order chi connectivity index (χ1) is 14.6. The third-order valence-electron chi connectivity index (χ3n) is 6.08. The van der Waals surface area contributed by atoms with Crippen molar-refractivity contribution in [3.8, 4) is 5.75 Å². The van der Waals surface area contributed by atoms with E-state index >= 15 is 0 Å². The third-order valence-corrected chi connectivity index (χ3v) is 6.08. The van der Waals surface area contributed by atoms with Crippen LogP contribution in [-0.2, 0) is 20.9 Å². The number of nitrogens with zero attached hydrogens (tertiary/aromatic N) is 1. The van der Waals surface area contributed by atoms with Gasteiger partial charge in [-0.25, -0.2) is 4.79 Å². The minimum absolute atomic E-state index is 0.0994. The molecule has 1 aromatic carbocycles. The number of carbonyl (C=O) groups is 3. The molecule has 7 heteroatoms. The molecule has 2 amide bonds. The SMILES string of the molecule is CCOC(=O)c1ccc(COc2ccc(N3C(=O)[C@@H]4[C@@H](C3=O)[C@H]3C=C[C@H]4C3)cc2)o1. The van der Waals surface area contributed by atoms with Gasteiger partial charge in [0, 0.05) is 0 Å². The molecule has 2 aromatic rings. The average molecular weight is 407 g/mol. The lowest BCUT2D eigenvalue weighted by atomic mass is 9.85. The lowest BCUT2D eigenvalue weighted by Crippen LogP contribution is -2.32. The van der Waals surface area contributed by atoms with Crippen molar-refractivity contribution in [2.75, 3.05) is 11.5 Å². The number of fused-ring (bicyclic) bond motifs is 5. The molecule has 30 heavy (non-hydrogen) atoms. The van der Waals surface area contributed by atoms with Crippen molar-refractivity contribution in [3.05, 3.63) is 60.1 Å². The fraction of sp³-hybridized carbons (Fsp3) is 0.348. The van der Waals surface area contributed by atoms with Crippen molar-refractivity contribution in [2.45, 2.75) is 20.0 Å². The Hall–Kier alpha value is -3.35. The topological polar surface area (TPSA) is 86.0 Å². The van der Waals surface area contributed by atoms with Gasteiger partial charge >= 0.3 is 5.97 Å². The van der Waals surface area contributed by atoms with Crippen LogP contribution >= 0.6 is 0 Å². The number of rotatable bonds is 6. The number of ether oxygens (including phenoxy) is 2. The number of amides is 2. The lowest BCUT2D eigenvalue weighted by Gasteiger charge is -2.17. The maximum atomic E-state index is 12.9. The molecule has 7 nitrogen and oxygen atoms in total. The highest BCUT2D eigenvalue weighted by Gasteiger charge is 2.59. The summed E-state index contributed by atoms with van der Waals surface area (Å²) in [5.41, 5.74) is 0.564. The summed E-state index contributed by atoms with van der Waals surface area (Å²) >= 11 is 0. The Morgan fingerprint density at radius 3 is 2.33 bits per heavy atom. The van der Waals surface area contributed by atoms with Crippen molar-refractivity contribution < 1.29 is 28.3 Å². The lowest BCUT2D eigenvalue weighted by molar-refractivity contribution is -0.123. The van der Waals surface area contributed by atoms with Gasteiger partial charge in [-0.1, -0.05) is 12.2 Å². The van der Waals surface area contributed by atoms with E-state index in [1.807, 2.05) is 0 Å². The predicted molar refractivity (Wildman–Crippen MR) is 106 cm³/mol. The van der Waals surface area contributed by atoms with E-state index in [9.17, 15) is 14.4 Å². The molecular formula is C23H21NO6. The number of hydrogen-bond acceptors (Lipinski definition) is 6. The molecule has 4 atom stereocenters. The molecule has 3 aliphatic rings. The minimum atomic E-state index is -0.513. The number of benzene rings is 1. The second kappa shape index (κ2) is 7.16. The Labute approximate surface area is 173 Å². The van der Waals surface area contributed by atoms with Crippen LogP contribution in [0.5, 0.6) is 5.75 Å². The van der Waals surface area contributed by atoms with Crippen LogP contribution in [0.2, 0.25) is 0 Å². The highest BCUT2D eigenvalue weighted by molar-refractivity contribution is 6.22. The molecule has 1 aliphatic heterocycles. The van der Waals surface area contributed by atoms with Gasteiger partial charge in [0.2, 0.25) is 17.6 Å². The minimum Gasteiger partial charge on any atom is -0.486 e. The van der Waals surface area contributed by atoms with E-state index in [-0.39, 0.29) is 54.5 Å². The van der Waals surface area contributed by atoms with Crippen LogP contribution in [0.4, 0.5) is 5.69 Å². The largest absolute Gasteiger partial charge is 0.486 e. The van der Waals surface area contributed by atoms with E-state index < -0.39 is 5.97 Å². The third kappa shape index (κ3) is 2.93. The van der Waals surface area contributed by atoms with Crippen LogP contribution in [0.1, 0.15) is 29.7 Å². The van der Waals surface area contributed by atoms with Gasteiger partial charge in [0.05, 0.1) is 24.1 Å². The van der Waals surface area contributed by atoms with Crippen molar-refractivity contribution in [2.24, 2.45) is 23.7 Å². The second-order valence-corrected chi connectivity index (χ2v) is 7.78. The Kier molecular flexibility index (Phi) is 4.46. The van der Waals surface area contributed by atoms with Gasteiger partial charge < -0.3 is 13.9 Å². The molecule has 2 fully saturated rings. The molecule has 1 aromatic heterocycles. The van der Waals surface area contributed by atoms with Crippen LogP contribution in [-0.4, -0.2) is 24.4 Å². The summed E-state index contributed by atoms with van der Waals surface area (Å²) in [6.45, 7) is 2.14. The second-order valence-electron chi connectivity index (χ2n) is 7.78. The normalized spacial score (nSPS) is 26.4. The van der Waals surface area contributed by atoms with E-state index in [0.29, 0.717) is 17.2 Å². The summed E-state index contributed by atoms with van der Waals surface area (Å²) in [5, 5.41) is 0. The van der Waals surface area contributed by atoms with Gasteiger partial charge in [0.15, 0.2) is 0 Å². The Bertz CT molecular complexity index is 1010. The fourth-order valence-corrected chi connectivity index (χ4v) is 4.77. The Morgan fingerprint density at radius 1 is 1.03 bits per heavy atom. The number of esters is 1. The molecule has 5 rings (SSSR count). The van der Waals surface area contributed by atoms with E-state index in [4.69, 9.17) is 13.9 Å². The first-order valence-electron chi connectivity index (χ1n) is 10.1. The van der Waals surface area contributed by atoms with E-state index in [0.717, 1.165) is 6.42 Å². The maximum Gasteiger partial charge on any atom is 0.374 e. The molecule has 2 aliphatic carbocycles. The zero-order chi connectivity index (χ0) is 20.8. The standard InChI is InChI=1S/C23H21NO6/c1-2-28-23(27)18-10-9-17(30-18)12-29-16-7-5-15(6-8-16)24-21(25)19-13-3-4-14(11-13)20(19)22(24)26/h3-10,13-14,19-20H,2,11-12H2,1H3/t13-,14-,19-,20-/m0/s1. The molecule has 0 spiro atoms. The summed E-state index contributed by atoms with van der Waals surface area (Å²) in [6, 6.07) is 10.1. The predicted octanol–water partition coefficient (Wildman–Crippen LogP) is 3.35. The molecule has 0 N–H and O–H groups in total. The van der Waals surface area contributed by atoms with Gasteiger partial charge in [0.1, 0.15) is 18.1 Å². The van der Waals surface area contributed by atoms with Crippen molar-refractivity contribution >= 4 is 23.5 Å². The fourth-order valence-electron chi connectivity index (χ4n) is 4.77. The van der Waals surface area contributed by atoms with E-state index in [2.05, 4.69) is 12.2 Å². The first kappa shape index (κ1) is 18.7. The molecule has 0 radical (unpaired) electrons. The molecule has 0 unspecified atom stereocenters. The molecule has 1 saturated carbocycles. The smallest absolute Gasteiger partial charge is 0.374 e. The van der Waals surface area contributed by atoms with Crippen molar-refractivity contribution in [1.82, 2.24) is 0 Å². The van der Waals surface area contributed by atoms with Gasteiger partial charge in [-0.05, 0) is 61.6 Å². The van der Waals surface area contributed by atoms with Crippen LogP contribution < -0.4 is 9.64 Å². The molecular weight excluding hydrogens is 386 g/mol. The number of carbonyl (C=O) groups excluding carboxylic acids is 3. The zero-order valence-corrected chi connectivity index (χ0v) is 16.4.